The van der Waals surface area contributed by atoms with Crippen molar-refractivity contribution in [3.8, 4) is 10.4 Å². The van der Waals surface area contributed by atoms with E-state index >= 15 is 0 Å². The Labute approximate surface area is 226 Å². The number of carbonyl (C=O) groups excluding carboxylic acids is 2. The first kappa shape index (κ1) is 27.3. The predicted molar refractivity (Wildman–Crippen MR) is 147 cm³/mol. The molecule has 11 nitrogen and oxygen atoms in total. The molecule has 0 unspecified atom stereocenters. The highest BCUT2D eigenvalue weighted by molar-refractivity contribution is 7.18. The van der Waals surface area contributed by atoms with Crippen molar-refractivity contribution in [2.75, 3.05) is 49.7 Å². The molecule has 0 saturated carbocycles. The van der Waals surface area contributed by atoms with E-state index in [0.29, 0.717) is 29.5 Å². The third-order valence-corrected chi connectivity index (χ3v) is 6.42. The highest BCUT2D eigenvalue weighted by atomic mass is 32.1. The van der Waals surface area contributed by atoms with Gasteiger partial charge >= 0.3 is 6.09 Å². The van der Waals surface area contributed by atoms with Crippen LogP contribution in [0.1, 0.15) is 37.6 Å². The van der Waals surface area contributed by atoms with E-state index in [4.69, 9.17) is 9.47 Å². The molecule has 38 heavy (non-hydrogen) atoms. The molecule has 0 spiro atoms. The van der Waals surface area contributed by atoms with Gasteiger partial charge in [0.05, 0.1) is 30.3 Å². The SMILES string of the molecule is CC(C)(C)NC(=O)OCCCNC(=O)c1cncc(-c2cnc(Nc3cc(N4CCOCC4)ccn3)s2)c1. The third-order valence-electron chi connectivity index (χ3n) is 5.46. The molecule has 3 aromatic heterocycles. The van der Waals surface area contributed by atoms with E-state index < -0.39 is 6.09 Å². The summed E-state index contributed by atoms with van der Waals surface area (Å²) >= 11 is 1.45. The smallest absolute Gasteiger partial charge is 0.407 e. The molecule has 0 aliphatic carbocycles. The monoisotopic (exact) mass is 539 g/mol. The number of aromatic nitrogens is 3. The van der Waals surface area contributed by atoms with Gasteiger partial charge in [-0.2, -0.15) is 0 Å². The molecule has 1 fully saturated rings. The quantitative estimate of drug-likeness (QED) is 0.347. The first-order chi connectivity index (χ1) is 18.3. The maximum absolute atomic E-state index is 12.6. The molecule has 3 N–H and O–H groups in total. The Hall–Kier alpha value is -3.77. The summed E-state index contributed by atoms with van der Waals surface area (Å²) in [6, 6.07) is 5.77. The molecule has 4 heterocycles. The maximum Gasteiger partial charge on any atom is 0.407 e. The van der Waals surface area contributed by atoms with Crippen LogP contribution in [0.2, 0.25) is 0 Å². The van der Waals surface area contributed by atoms with Crippen LogP contribution in [0.3, 0.4) is 0 Å². The first-order valence-electron chi connectivity index (χ1n) is 12.5. The number of hydrogen-bond acceptors (Lipinski definition) is 10. The number of alkyl carbamates (subject to hydrolysis) is 1. The molecule has 1 aliphatic rings. The number of amides is 2. The highest BCUT2D eigenvalue weighted by Gasteiger charge is 2.15. The summed E-state index contributed by atoms with van der Waals surface area (Å²) in [5, 5.41) is 9.52. The lowest BCUT2D eigenvalue weighted by Crippen LogP contribution is -2.41. The Morgan fingerprint density at radius 1 is 1.13 bits per heavy atom. The molecule has 4 rings (SSSR count). The van der Waals surface area contributed by atoms with E-state index in [-0.39, 0.29) is 18.1 Å². The summed E-state index contributed by atoms with van der Waals surface area (Å²) in [4.78, 5) is 40.6. The van der Waals surface area contributed by atoms with Gasteiger partial charge in [-0.05, 0) is 39.3 Å². The number of ether oxygens (including phenoxy) is 2. The number of carbonyl (C=O) groups is 2. The molecule has 202 valence electrons. The van der Waals surface area contributed by atoms with E-state index in [9.17, 15) is 9.59 Å². The summed E-state index contributed by atoms with van der Waals surface area (Å²) in [6.07, 6.45) is 6.78. The summed E-state index contributed by atoms with van der Waals surface area (Å²) in [6.45, 7) is 9.36. The number of anilines is 3. The van der Waals surface area contributed by atoms with Gasteiger partial charge < -0.3 is 30.3 Å². The standard InChI is InChI=1S/C26H33N7O4S/c1-26(2,3)32-25(35)37-10-4-6-29-23(34)19-13-18(15-27-16-19)21-17-30-24(38-21)31-22-14-20(5-7-28-22)33-8-11-36-12-9-33/h5,7,13-17H,4,6,8-12H2,1-3H3,(H,29,34)(H,32,35)(H,28,30,31). The molecular weight excluding hydrogens is 506 g/mol. The third kappa shape index (κ3) is 8.12. The second kappa shape index (κ2) is 12.7. The molecule has 0 atom stereocenters. The van der Waals surface area contributed by atoms with Crippen LogP contribution in [0.15, 0.2) is 43.0 Å². The Morgan fingerprint density at radius 2 is 1.95 bits per heavy atom. The van der Waals surface area contributed by atoms with Gasteiger partial charge in [-0.1, -0.05) is 11.3 Å². The van der Waals surface area contributed by atoms with Gasteiger partial charge in [0.15, 0.2) is 5.13 Å². The second-order valence-electron chi connectivity index (χ2n) is 9.74. The van der Waals surface area contributed by atoms with E-state index in [2.05, 4.69) is 35.8 Å². The lowest BCUT2D eigenvalue weighted by molar-refractivity contribution is 0.0948. The van der Waals surface area contributed by atoms with Crippen molar-refractivity contribution >= 4 is 40.0 Å². The van der Waals surface area contributed by atoms with Crippen LogP contribution < -0.4 is 20.9 Å². The van der Waals surface area contributed by atoms with Crippen LogP contribution in [0, 0.1) is 0 Å². The van der Waals surface area contributed by atoms with E-state index in [0.717, 1.165) is 42.4 Å². The minimum absolute atomic E-state index is 0.210. The van der Waals surface area contributed by atoms with Crippen molar-refractivity contribution in [1.82, 2.24) is 25.6 Å². The van der Waals surface area contributed by atoms with Crippen LogP contribution in [0.5, 0.6) is 0 Å². The van der Waals surface area contributed by atoms with E-state index in [1.54, 1.807) is 24.7 Å². The predicted octanol–water partition coefficient (Wildman–Crippen LogP) is 3.82. The Morgan fingerprint density at radius 3 is 2.74 bits per heavy atom. The van der Waals surface area contributed by atoms with Gasteiger partial charge in [-0.3, -0.25) is 9.78 Å². The molecule has 1 aliphatic heterocycles. The number of pyridine rings is 2. The fourth-order valence-electron chi connectivity index (χ4n) is 3.66. The van der Waals surface area contributed by atoms with Crippen molar-refractivity contribution in [2.24, 2.45) is 0 Å². The number of morpholine rings is 1. The minimum Gasteiger partial charge on any atom is -0.449 e. The molecule has 0 radical (unpaired) electrons. The lowest BCUT2D eigenvalue weighted by atomic mass is 10.1. The fourth-order valence-corrected chi connectivity index (χ4v) is 4.47. The van der Waals surface area contributed by atoms with Gasteiger partial charge in [0, 0.05) is 67.3 Å². The van der Waals surface area contributed by atoms with Crippen molar-refractivity contribution in [1.29, 1.82) is 0 Å². The Bertz CT molecular complexity index is 1240. The van der Waals surface area contributed by atoms with Gasteiger partial charge in [0.2, 0.25) is 0 Å². The molecule has 1 saturated heterocycles. The van der Waals surface area contributed by atoms with Crippen molar-refractivity contribution in [2.45, 2.75) is 32.7 Å². The van der Waals surface area contributed by atoms with E-state index in [1.807, 2.05) is 32.9 Å². The molecule has 2 amide bonds. The van der Waals surface area contributed by atoms with Crippen LogP contribution in [0.4, 0.5) is 21.4 Å². The molecule has 3 aromatic rings. The number of nitrogens with one attached hydrogen (secondary N) is 3. The topological polar surface area (TPSA) is 131 Å². The zero-order valence-corrected chi connectivity index (χ0v) is 22.6. The average molecular weight is 540 g/mol. The normalized spacial score (nSPS) is 13.6. The number of nitrogens with zero attached hydrogens (tertiary/aromatic N) is 4. The molecule has 0 bridgehead atoms. The summed E-state index contributed by atoms with van der Waals surface area (Å²) < 4.78 is 10.6. The van der Waals surface area contributed by atoms with Crippen LogP contribution in [-0.4, -0.2) is 71.9 Å². The zero-order chi connectivity index (χ0) is 27.0. The number of rotatable bonds is 9. The van der Waals surface area contributed by atoms with Gasteiger partial charge in [0.25, 0.3) is 5.91 Å². The second-order valence-corrected chi connectivity index (χ2v) is 10.8. The van der Waals surface area contributed by atoms with E-state index in [1.165, 1.54) is 17.5 Å². The summed E-state index contributed by atoms with van der Waals surface area (Å²) in [5.41, 5.74) is 1.96. The van der Waals surface area contributed by atoms with Crippen LogP contribution in [0.25, 0.3) is 10.4 Å². The minimum atomic E-state index is -0.472. The Balaban J connectivity index is 1.29. The Kier molecular flexibility index (Phi) is 9.08. The van der Waals surface area contributed by atoms with Gasteiger partial charge in [0.1, 0.15) is 5.82 Å². The van der Waals surface area contributed by atoms with Gasteiger partial charge in [-0.25, -0.2) is 14.8 Å². The zero-order valence-electron chi connectivity index (χ0n) is 21.8. The van der Waals surface area contributed by atoms with Gasteiger partial charge in [-0.15, -0.1) is 0 Å². The summed E-state index contributed by atoms with van der Waals surface area (Å²) in [5.74, 6) is 0.464. The first-order valence-corrected chi connectivity index (χ1v) is 13.3. The molecular formula is C26H33N7O4S. The largest absolute Gasteiger partial charge is 0.449 e. The highest BCUT2D eigenvalue weighted by Crippen LogP contribution is 2.31. The fraction of sp³-hybridized carbons (Fsp3) is 0.423. The average Bonchev–Trinajstić information content (AvgIpc) is 3.36. The van der Waals surface area contributed by atoms with Crippen molar-refractivity contribution in [3.05, 3.63) is 48.5 Å². The molecule has 0 aromatic carbocycles. The van der Waals surface area contributed by atoms with Crippen molar-refractivity contribution < 1.29 is 19.1 Å². The maximum atomic E-state index is 12.6. The van der Waals surface area contributed by atoms with Crippen molar-refractivity contribution in [3.63, 3.8) is 0 Å². The number of thiazole rings is 1. The number of hydrogen-bond donors (Lipinski definition) is 3. The van der Waals surface area contributed by atoms with Crippen LogP contribution >= 0.6 is 11.3 Å². The lowest BCUT2D eigenvalue weighted by Gasteiger charge is -2.28. The summed E-state index contributed by atoms with van der Waals surface area (Å²) in [7, 11) is 0. The molecule has 12 heteroatoms. The van der Waals surface area contributed by atoms with Crippen LogP contribution in [-0.2, 0) is 9.47 Å².